The summed E-state index contributed by atoms with van der Waals surface area (Å²) in [6.45, 7) is 0.162. The number of nitrogens with zero attached hydrogens (tertiary/aromatic N) is 1. The normalized spacial score (nSPS) is 15.4. The first-order valence-corrected chi connectivity index (χ1v) is 11.3. The first kappa shape index (κ1) is 23.7. The number of aliphatic hydroxyl groups excluding tert-OH is 1. The molecule has 8 nitrogen and oxygen atoms in total. The first-order valence-electron chi connectivity index (χ1n) is 10.9. The number of hydrogen-bond donors (Lipinski definition) is 2. The van der Waals surface area contributed by atoms with Gasteiger partial charge in [0.25, 0.3) is 5.91 Å². The number of rotatable bonds is 9. The predicted molar refractivity (Wildman–Crippen MR) is 125 cm³/mol. The average Bonchev–Trinajstić information content (AvgIpc) is 3.39. The van der Waals surface area contributed by atoms with Gasteiger partial charge in [0.05, 0.1) is 12.8 Å². The molecule has 1 aliphatic rings. The molecule has 4 rings (SSSR count). The first-order chi connectivity index (χ1) is 16.6. The summed E-state index contributed by atoms with van der Waals surface area (Å²) < 4.78 is 16.9. The van der Waals surface area contributed by atoms with Crippen LogP contribution >= 0.6 is 11.6 Å². The Labute approximate surface area is 202 Å². The second-order valence-electron chi connectivity index (χ2n) is 7.72. The van der Waals surface area contributed by atoms with Gasteiger partial charge in [0.1, 0.15) is 18.4 Å². The second kappa shape index (κ2) is 11.1. The monoisotopic (exact) mass is 484 g/mol. The van der Waals surface area contributed by atoms with Crippen molar-refractivity contribution >= 4 is 23.4 Å². The van der Waals surface area contributed by atoms with Crippen LogP contribution in [0, 0.1) is 0 Å². The van der Waals surface area contributed by atoms with Crippen LogP contribution in [0.4, 0.5) is 0 Å². The number of aliphatic hydroxyl groups is 1. The highest BCUT2D eigenvalue weighted by Gasteiger charge is 2.37. The Hall–Kier alpha value is -3.49. The zero-order valence-corrected chi connectivity index (χ0v) is 19.1. The van der Waals surface area contributed by atoms with Gasteiger partial charge in [0.2, 0.25) is 12.0 Å². The molecule has 0 bridgehead atoms. The summed E-state index contributed by atoms with van der Waals surface area (Å²) >= 11 is 6.06. The maximum atomic E-state index is 13.6. The van der Waals surface area contributed by atoms with E-state index in [0.717, 1.165) is 0 Å². The molecule has 3 aromatic rings. The lowest BCUT2D eigenvalue weighted by Crippen LogP contribution is -2.51. The molecule has 0 aliphatic carbocycles. The average molecular weight is 485 g/mol. The largest absolute Gasteiger partial charge is 0.485 e. The zero-order valence-electron chi connectivity index (χ0n) is 18.4. The molecule has 0 saturated carbocycles. The summed E-state index contributed by atoms with van der Waals surface area (Å²) in [4.78, 5) is 28.5. The van der Waals surface area contributed by atoms with Gasteiger partial charge >= 0.3 is 0 Å². The Bertz CT molecular complexity index is 1100. The summed E-state index contributed by atoms with van der Waals surface area (Å²) in [7, 11) is 0. The lowest BCUT2D eigenvalue weighted by Gasteiger charge is -2.35. The van der Waals surface area contributed by atoms with Crippen molar-refractivity contribution in [3.05, 3.63) is 83.3 Å². The molecule has 2 heterocycles. The maximum Gasteiger partial charge on any atom is 0.268 e. The Balaban J connectivity index is 1.62. The van der Waals surface area contributed by atoms with Crippen molar-refractivity contribution in [1.29, 1.82) is 0 Å². The van der Waals surface area contributed by atoms with Crippen molar-refractivity contribution in [2.75, 3.05) is 19.8 Å². The van der Waals surface area contributed by atoms with Crippen LogP contribution in [-0.2, 0) is 16.1 Å². The Kier molecular flexibility index (Phi) is 7.72. The number of halogens is 1. The fourth-order valence-corrected chi connectivity index (χ4v) is 3.86. The minimum atomic E-state index is -0.980. The summed E-state index contributed by atoms with van der Waals surface area (Å²) in [6.07, 6.45) is 0.861. The van der Waals surface area contributed by atoms with Gasteiger partial charge in [-0.15, -0.1) is 0 Å². The number of nitrogens with one attached hydrogen (secondary N) is 1. The third kappa shape index (κ3) is 5.52. The molecule has 1 aliphatic heterocycles. The minimum Gasteiger partial charge on any atom is -0.485 e. The quantitative estimate of drug-likeness (QED) is 0.483. The van der Waals surface area contributed by atoms with Crippen LogP contribution in [0.15, 0.2) is 71.3 Å². The molecular formula is C25H25ClN2O6. The number of carbonyl (C=O) groups is 2. The molecule has 0 spiro atoms. The zero-order chi connectivity index (χ0) is 23.9. The predicted octanol–water partition coefficient (Wildman–Crippen LogP) is 3.34. The van der Waals surface area contributed by atoms with Gasteiger partial charge in [-0.2, -0.15) is 0 Å². The number of para-hydroxylation sites is 2. The van der Waals surface area contributed by atoms with Gasteiger partial charge in [-0.05, 0) is 48.4 Å². The van der Waals surface area contributed by atoms with Crippen LogP contribution < -0.4 is 14.8 Å². The van der Waals surface area contributed by atoms with Crippen LogP contribution in [0.5, 0.6) is 11.5 Å². The highest BCUT2D eigenvalue weighted by atomic mass is 35.5. The number of benzene rings is 2. The van der Waals surface area contributed by atoms with E-state index in [1.807, 2.05) is 6.07 Å². The third-order valence-corrected chi connectivity index (χ3v) is 5.64. The van der Waals surface area contributed by atoms with Crippen molar-refractivity contribution in [3.63, 3.8) is 0 Å². The lowest BCUT2D eigenvalue weighted by atomic mass is 10.0. The van der Waals surface area contributed by atoms with Crippen molar-refractivity contribution in [2.24, 2.45) is 0 Å². The molecule has 0 saturated heterocycles. The summed E-state index contributed by atoms with van der Waals surface area (Å²) in [6, 6.07) is 16.3. The van der Waals surface area contributed by atoms with Gasteiger partial charge in [-0.3, -0.25) is 9.59 Å². The molecule has 2 aromatic carbocycles. The molecule has 34 heavy (non-hydrogen) atoms. The van der Waals surface area contributed by atoms with Crippen LogP contribution in [0.3, 0.4) is 0 Å². The Morgan fingerprint density at radius 2 is 1.85 bits per heavy atom. The van der Waals surface area contributed by atoms with Gasteiger partial charge < -0.3 is 29.2 Å². The molecule has 0 radical (unpaired) electrons. The number of ether oxygens (including phenoxy) is 2. The van der Waals surface area contributed by atoms with E-state index in [-0.39, 0.29) is 32.7 Å². The number of hydrogen-bond acceptors (Lipinski definition) is 6. The molecule has 2 unspecified atom stereocenters. The minimum absolute atomic E-state index is 0.00677. The highest BCUT2D eigenvalue weighted by Crippen LogP contribution is 2.32. The molecule has 0 fully saturated rings. The number of fused-ring (bicyclic) bond motifs is 1. The van der Waals surface area contributed by atoms with Gasteiger partial charge in [0, 0.05) is 18.2 Å². The number of furan rings is 1. The smallest absolute Gasteiger partial charge is 0.268 e. The van der Waals surface area contributed by atoms with E-state index in [9.17, 15) is 14.7 Å². The molecule has 2 amide bonds. The Morgan fingerprint density at radius 1 is 1.09 bits per heavy atom. The molecular weight excluding hydrogens is 460 g/mol. The highest BCUT2D eigenvalue weighted by molar-refractivity contribution is 6.30. The molecule has 178 valence electrons. The molecule has 1 aromatic heterocycles. The summed E-state index contributed by atoms with van der Waals surface area (Å²) in [5.41, 5.74) is 0.574. The number of amides is 2. The van der Waals surface area contributed by atoms with E-state index in [4.69, 9.17) is 25.5 Å². The topological polar surface area (TPSA) is 101 Å². The fourth-order valence-electron chi connectivity index (χ4n) is 3.74. The lowest BCUT2D eigenvalue weighted by molar-refractivity contribution is -0.148. The van der Waals surface area contributed by atoms with E-state index in [0.29, 0.717) is 27.8 Å². The number of carbonyl (C=O) groups excluding carboxylic acids is 2. The Morgan fingerprint density at radius 3 is 2.56 bits per heavy atom. The second-order valence-corrected chi connectivity index (χ2v) is 8.16. The van der Waals surface area contributed by atoms with E-state index >= 15 is 0 Å². The van der Waals surface area contributed by atoms with Crippen LogP contribution in [0.1, 0.15) is 23.8 Å². The SMILES string of the molecule is O=C(NCc1ccco1)C(c1ccc(Cl)cc1)N(CCCO)C(=O)C1COc2ccccc2O1. The molecule has 9 heteroatoms. The molecule has 2 atom stereocenters. The van der Waals surface area contributed by atoms with Crippen molar-refractivity contribution in [2.45, 2.75) is 25.1 Å². The van der Waals surface area contributed by atoms with E-state index in [1.54, 1.807) is 54.6 Å². The summed E-state index contributed by atoms with van der Waals surface area (Å²) in [5.74, 6) is 0.772. The van der Waals surface area contributed by atoms with E-state index in [2.05, 4.69) is 5.32 Å². The van der Waals surface area contributed by atoms with Gasteiger partial charge in [0.15, 0.2) is 11.5 Å². The van der Waals surface area contributed by atoms with Gasteiger partial charge in [-0.25, -0.2) is 0 Å². The van der Waals surface area contributed by atoms with Crippen molar-refractivity contribution in [1.82, 2.24) is 10.2 Å². The van der Waals surface area contributed by atoms with Crippen molar-refractivity contribution < 1.29 is 28.6 Å². The van der Waals surface area contributed by atoms with Crippen LogP contribution in [0.25, 0.3) is 0 Å². The van der Waals surface area contributed by atoms with Gasteiger partial charge in [-0.1, -0.05) is 35.9 Å². The van der Waals surface area contributed by atoms with Crippen LogP contribution in [0.2, 0.25) is 5.02 Å². The van der Waals surface area contributed by atoms with E-state index in [1.165, 1.54) is 11.2 Å². The standard InChI is InChI=1S/C25H25ClN2O6/c26-18-10-8-17(9-11-18)23(24(30)27-15-19-5-3-14-32-19)28(12-4-13-29)25(31)22-16-33-20-6-1-2-7-21(20)34-22/h1-3,5-11,14,22-23,29H,4,12-13,15-16H2,(H,27,30). The third-order valence-electron chi connectivity index (χ3n) is 5.39. The molecule has 2 N–H and O–H groups in total. The summed E-state index contributed by atoms with van der Waals surface area (Å²) in [5, 5.41) is 12.8. The van der Waals surface area contributed by atoms with E-state index < -0.39 is 24.0 Å². The maximum absolute atomic E-state index is 13.6. The van der Waals surface area contributed by atoms with Crippen molar-refractivity contribution in [3.8, 4) is 11.5 Å². The van der Waals surface area contributed by atoms with Crippen LogP contribution in [-0.4, -0.2) is 47.7 Å². The fraction of sp³-hybridized carbons (Fsp3) is 0.280.